The molecule has 0 fully saturated rings. The number of aliphatic hydroxyl groups is 1. The van der Waals surface area contributed by atoms with E-state index < -0.39 is 5.60 Å². The fourth-order valence-electron chi connectivity index (χ4n) is 1.60. The third kappa shape index (κ3) is 1.40. The molecule has 1 heterocycles. The van der Waals surface area contributed by atoms with E-state index in [-0.39, 0.29) is 5.82 Å². The maximum absolute atomic E-state index is 12.9. The van der Waals surface area contributed by atoms with Crippen LogP contribution in [0.1, 0.15) is 19.4 Å². The Morgan fingerprint density at radius 2 is 2.07 bits per heavy atom. The van der Waals surface area contributed by atoms with Crippen molar-refractivity contribution in [2.24, 2.45) is 0 Å². The number of aromatic nitrogens is 1. The molecule has 0 atom stereocenters. The van der Waals surface area contributed by atoms with Gasteiger partial charge in [0.05, 0.1) is 5.60 Å². The largest absolute Gasteiger partial charge is 0.386 e. The van der Waals surface area contributed by atoms with Gasteiger partial charge in [-0.25, -0.2) is 4.39 Å². The molecule has 0 aliphatic heterocycles. The lowest BCUT2D eigenvalue weighted by Crippen LogP contribution is -2.14. The van der Waals surface area contributed by atoms with Crippen LogP contribution >= 0.6 is 0 Å². The molecule has 0 aliphatic carbocycles. The Kier molecular flexibility index (Phi) is 1.86. The predicted octanol–water partition coefficient (Wildman–Crippen LogP) is 2.53. The molecule has 3 heteroatoms. The van der Waals surface area contributed by atoms with Gasteiger partial charge < -0.3 is 10.1 Å². The number of hydrogen-bond acceptors (Lipinski definition) is 1. The molecule has 0 bridgehead atoms. The monoisotopic (exact) mass is 193 g/mol. The van der Waals surface area contributed by atoms with Crippen LogP contribution in [0.25, 0.3) is 10.9 Å². The molecule has 2 N–H and O–H groups in total. The van der Waals surface area contributed by atoms with Gasteiger partial charge in [-0.3, -0.25) is 0 Å². The number of hydrogen-bond donors (Lipinski definition) is 2. The maximum Gasteiger partial charge on any atom is 0.125 e. The summed E-state index contributed by atoms with van der Waals surface area (Å²) >= 11 is 0. The summed E-state index contributed by atoms with van der Waals surface area (Å²) in [7, 11) is 0. The molecule has 0 spiro atoms. The molecule has 0 amide bonds. The molecule has 0 radical (unpaired) electrons. The van der Waals surface area contributed by atoms with E-state index in [2.05, 4.69) is 4.98 Å². The third-order valence-electron chi connectivity index (χ3n) is 2.30. The van der Waals surface area contributed by atoms with Crippen LogP contribution < -0.4 is 0 Å². The van der Waals surface area contributed by atoms with E-state index in [1.807, 2.05) is 0 Å². The molecule has 0 unspecified atom stereocenters. The van der Waals surface area contributed by atoms with Crippen molar-refractivity contribution in [1.82, 2.24) is 4.98 Å². The van der Waals surface area contributed by atoms with Crippen LogP contribution in [-0.4, -0.2) is 10.1 Å². The van der Waals surface area contributed by atoms with Crippen molar-refractivity contribution in [1.29, 1.82) is 0 Å². The summed E-state index contributed by atoms with van der Waals surface area (Å²) in [6.07, 6.45) is 1.71. The van der Waals surface area contributed by atoms with E-state index in [1.165, 1.54) is 12.1 Å². The van der Waals surface area contributed by atoms with Gasteiger partial charge >= 0.3 is 0 Å². The Balaban J connectivity index is 2.70. The van der Waals surface area contributed by atoms with Crippen LogP contribution in [0.15, 0.2) is 24.4 Å². The summed E-state index contributed by atoms with van der Waals surface area (Å²) in [6.45, 7) is 3.41. The zero-order chi connectivity index (χ0) is 10.3. The highest BCUT2D eigenvalue weighted by Crippen LogP contribution is 2.28. The first-order chi connectivity index (χ1) is 6.48. The van der Waals surface area contributed by atoms with Crippen molar-refractivity contribution < 1.29 is 9.50 Å². The second-order valence-electron chi connectivity index (χ2n) is 3.95. The number of halogens is 1. The summed E-state index contributed by atoms with van der Waals surface area (Å²) in [5, 5.41) is 10.7. The number of aromatic amines is 1. The van der Waals surface area contributed by atoms with E-state index in [9.17, 15) is 9.50 Å². The Labute approximate surface area is 81.4 Å². The van der Waals surface area contributed by atoms with Gasteiger partial charge in [-0.15, -0.1) is 0 Å². The second-order valence-corrected chi connectivity index (χ2v) is 3.95. The van der Waals surface area contributed by atoms with Crippen LogP contribution in [0, 0.1) is 5.82 Å². The zero-order valence-corrected chi connectivity index (χ0v) is 8.13. The lowest BCUT2D eigenvalue weighted by Gasteiger charge is -2.15. The molecule has 0 saturated heterocycles. The Morgan fingerprint density at radius 1 is 1.36 bits per heavy atom. The van der Waals surface area contributed by atoms with Crippen LogP contribution in [0.4, 0.5) is 4.39 Å². The maximum atomic E-state index is 12.9. The van der Waals surface area contributed by atoms with Crippen molar-refractivity contribution in [3.63, 3.8) is 0 Å². The van der Waals surface area contributed by atoms with Crippen molar-refractivity contribution in [2.45, 2.75) is 19.4 Å². The minimum atomic E-state index is -0.907. The first-order valence-corrected chi connectivity index (χ1v) is 4.48. The van der Waals surface area contributed by atoms with Crippen LogP contribution in [0.2, 0.25) is 0 Å². The smallest absolute Gasteiger partial charge is 0.125 e. The van der Waals surface area contributed by atoms with Crippen LogP contribution in [0.3, 0.4) is 0 Å². The van der Waals surface area contributed by atoms with Crippen molar-refractivity contribution >= 4 is 10.9 Å². The lowest BCUT2D eigenvalue weighted by molar-refractivity contribution is 0.0802. The van der Waals surface area contributed by atoms with E-state index in [0.717, 1.165) is 10.9 Å². The van der Waals surface area contributed by atoms with Gasteiger partial charge in [0.15, 0.2) is 0 Å². The number of H-pyrrole nitrogens is 1. The molecule has 14 heavy (non-hydrogen) atoms. The number of fused-ring (bicyclic) bond motifs is 1. The third-order valence-corrected chi connectivity index (χ3v) is 2.30. The number of rotatable bonds is 1. The summed E-state index contributed by atoms with van der Waals surface area (Å²) in [4.78, 5) is 2.94. The predicted molar refractivity (Wildman–Crippen MR) is 53.5 cm³/mol. The normalized spacial score (nSPS) is 12.3. The average Bonchev–Trinajstić information content (AvgIpc) is 2.45. The Morgan fingerprint density at radius 3 is 2.71 bits per heavy atom. The van der Waals surface area contributed by atoms with E-state index in [1.54, 1.807) is 26.1 Å². The second kappa shape index (κ2) is 2.82. The fourth-order valence-corrected chi connectivity index (χ4v) is 1.60. The molecule has 1 aromatic carbocycles. The molecule has 0 saturated carbocycles. The first-order valence-electron chi connectivity index (χ1n) is 4.48. The van der Waals surface area contributed by atoms with Gasteiger partial charge in [0.1, 0.15) is 5.82 Å². The molecular formula is C11H12FNO. The Hall–Kier alpha value is -1.35. The highest BCUT2D eigenvalue weighted by Gasteiger charge is 2.19. The molecule has 0 aliphatic rings. The summed E-state index contributed by atoms with van der Waals surface area (Å²) in [6, 6.07) is 4.49. The first kappa shape index (κ1) is 9.21. The molecule has 2 rings (SSSR count). The minimum absolute atomic E-state index is 0.276. The molecule has 2 nitrogen and oxygen atoms in total. The van der Waals surface area contributed by atoms with Gasteiger partial charge in [-0.2, -0.15) is 0 Å². The van der Waals surface area contributed by atoms with E-state index in [4.69, 9.17) is 0 Å². The SMILES string of the molecule is CC(C)(O)c1c[nH]c2cc(F)ccc12. The fraction of sp³-hybridized carbons (Fsp3) is 0.273. The van der Waals surface area contributed by atoms with Crippen molar-refractivity contribution in [3.05, 3.63) is 35.8 Å². The molecule has 1 aromatic heterocycles. The summed E-state index contributed by atoms with van der Waals surface area (Å²) in [5.74, 6) is -0.276. The Bertz CT molecular complexity index is 468. The molecule has 2 aromatic rings. The van der Waals surface area contributed by atoms with Crippen molar-refractivity contribution in [3.8, 4) is 0 Å². The van der Waals surface area contributed by atoms with Gasteiger partial charge in [-0.1, -0.05) is 0 Å². The van der Waals surface area contributed by atoms with Crippen LogP contribution in [-0.2, 0) is 5.60 Å². The van der Waals surface area contributed by atoms with Crippen LogP contribution in [0.5, 0.6) is 0 Å². The minimum Gasteiger partial charge on any atom is -0.386 e. The molecular weight excluding hydrogens is 181 g/mol. The van der Waals surface area contributed by atoms with E-state index in [0.29, 0.717) is 5.52 Å². The quantitative estimate of drug-likeness (QED) is 0.717. The van der Waals surface area contributed by atoms with Gasteiger partial charge in [0.2, 0.25) is 0 Å². The van der Waals surface area contributed by atoms with Crippen molar-refractivity contribution in [2.75, 3.05) is 0 Å². The lowest BCUT2D eigenvalue weighted by atomic mass is 9.98. The topological polar surface area (TPSA) is 36.0 Å². The van der Waals surface area contributed by atoms with E-state index >= 15 is 0 Å². The zero-order valence-electron chi connectivity index (χ0n) is 8.13. The highest BCUT2D eigenvalue weighted by molar-refractivity contribution is 5.83. The summed E-state index contributed by atoms with van der Waals surface area (Å²) in [5.41, 5.74) is 0.588. The summed E-state index contributed by atoms with van der Waals surface area (Å²) < 4.78 is 12.9. The van der Waals surface area contributed by atoms with Gasteiger partial charge in [0.25, 0.3) is 0 Å². The number of nitrogens with one attached hydrogen (secondary N) is 1. The number of benzene rings is 1. The average molecular weight is 193 g/mol. The molecule has 74 valence electrons. The highest BCUT2D eigenvalue weighted by atomic mass is 19.1. The van der Waals surface area contributed by atoms with Gasteiger partial charge in [-0.05, 0) is 32.0 Å². The van der Waals surface area contributed by atoms with Gasteiger partial charge in [0, 0.05) is 22.7 Å². The standard InChI is InChI=1S/C11H12FNO/c1-11(2,14)9-6-13-10-5-7(12)3-4-8(9)10/h3-6,13-14H,1-2H3.